The highest BCUT2D eigenvalue weighted by atomic mass is 35.5. The zero-order valence-corrected chi connectivity index (χ0v) is 14.7. The number of nitrogens with zero attached hydrogens (tertiary/aromatic N) is 2. The number of aryl methyl sites for hydroxylation is 1. The van der Waals surface area contributed by atoms with E-state index < -0.39 is 23.3 Å². The molecule has 0 bridgehead atoms. The van der Waals surface area contributed by atoms with Gasteiger partial charge in [-0.25, -0.2) is 0 Å². The highest BCUT2D eigenvalue weighted by Crippen LogP contribution is 2.32. The van der Waals surface area contributed by atoms with Gasteiger partial charge in [-0.05, 0) is 25.1 Å². The first-order valence-electron chi connectivity index (χ1n) is 7.70. The molecule has 0 spiro atoms. The molecule has 2 N–H and O–H groups in total. The highest BCUT2D eigenvalue weighted by Gasteiger charge is 2.39. The van der Waals surface area contributed by atoms with Crippen LogP contribution in [0.2, 0.25) is 5.02 Å². The zero-order valence-electron chi connectivity index (χ0n) is 13.9. The summed E-state index contributed by atoms with van der Waals surface area (Å²) >= 11 is 5.94. The van der Waals surface area contributed by atoms with Gasteiger partial charge in [-0.1, -0.05) is 18.5 Å². The van der Waals surface area contributed by atoms with Crippen molar-refractivity contribution in [2.45, 2.75) is 33.0 Å². The number of carbonyl (C=O) groups excluding carboxylic acids is 2. The van der Waals surface area contributed by atoms with Crippen LogP contribution in [-0.4, -0.2) is 21.6 Å². The van der Waals surface area contributed by atoms with E-state index in [4.69, 9.17) is 11.6 Å². The van der Waals surface area contributed by atoms with E-state index in [0.29, 0.717) is 10.4 Å². The maximum atomic E-state index is 13.2. The molecule has 0 atom stereocenters. The van der Waals surface area contributed by atoms with Gasteiger partial charge in [-0.15, -0.1) is 0 Å². The fraction of sp³-hybridized carbons (Fsp3) is 0.312. The standard InChI is InChI=1S/C16H16ClF3N4O2/c1-3-13(25)22-10-5-9(17)6-11(7-10)23-15(26)12-8-21-24(4-2)14(12)16(18,19)20/h5-8H,3-4H2,1-2H3,(H,22,25)(H,23,26). The number of hydrogen-bond acceptors (Lipinski definition) is 3. The Morgan fingerprint density at radius 2 is 1.77 bits per heavy atom. The average Bonchev–Trinajstić information content (AvgIpc) is 2.98. The predicted octanol–water partition coefficient (Wildman–Crippen LogP) is 4.18. The summed E-state index contributed by atoms with van der Waals surface area (Å²) in [6, 6.07) is 4.22. The number of hydrogen-bond donors (Lipinski definition) is 2. The summed E-state index contributed by atoms with van der Waals surface area (Å²) in [7, 11) is 0. The van der Waals surface area contributed by atoms with Gasteiger partial charge < -0.3 is 10.6 Å². The Balaban J connectivity index is 2.31. The van der Waals surface area contributed by atoms with Gasteiger partial charge in [0.15, 0.2) is 5.69 Å². The molecule has 1 heterocycles. The Morgan fingerprint density at radius 3 is 2.31 bits per heavy atom. The molecular weight excluding hydrogens is 373 g/mol. The van der Waals surface area contributed by atoms with Crippen LogP contribution >= 0.6 is 11.6 Å². The topological polar surface area (TPSA) is 76.0 Å². The van der Waals surface area contributed by atoms with E-state index in [-0.39, 0.29) is 29.6 Å². The van der Waals surface area contributed by atoms with Crippen LogP contribution in [0, 0.1) is 0 Å². The van der Waals surface area contributed by atoms with Crippen molar-refractivity contribution in [3.8, 4) is 0 Å². The second-order valence-electron chi connectivity index (χ2n) is 5.30. The van der Waals surface area contributed by atoms with E-state index >= 15 is 0 Å². The minimum Gasteiger partial charge on any atom is -0.326 e. The molecule has 1 aromatic carbocycles. The quantitative estimate of drug-likeness (QED) is 0.806. The molecule has 140 valence electrons. The number of nitrogens with one attached hydrogen (secondary N) is 2. The summed E-state index contributed by atoms with van der Waals surface area (Å²) in [6.45, 7) is 3.11. The number of carbonyl (C=O) groups is 2. The number of halogens is 4. The van der Waals surface area contributed by atoms with Crippen molar-refractivity contribution in [3.63, 3.8) is 0 Å². The molecule has 0 radical (unpaired) electrons. The fourth-order valence-electron chi connectivity index (χ4n) is 2.27. The predicted molar refractivity (Wildman–Crippen MR) is 91.2 cm³/mol. The number of benzene rings is 1. The lowest BCUT2D eigenvalue weighted by atomic mass is 10.2. The first-order chi connectivity index (χ1) is 12.2. The monoisotopic (exact) mass is 388 g/mol. The van der Waals surface area contributed by atoms with Crippen LogP contribution < -0.4 is 10.6 Å². The molecule has 10 heteroatoms. The van der Waals surface area contributed by atoms with Crippen LogP contribution in [0.3, 0.4) is 0 Å². The molecule has 6 nitrogen and oxygen atoms in total. The molecule has 2 rings (SSSR count). The summed E-state index contributed by atoms with van der Waals surface area (Å²) in [5.74, 6) is -1.25. The normalized spacial score (nSPS) is 11.3. The van der Waals surface area contributed by atoms with Gasteiger partial charge in [0.2, 0.25) is 5.91 Å². The smallest absolute Gasteiger partial charge is 0.326 e. The molecule has 0 saturated carbocycles. The fourth-order valence-corrected chi connectivity index (χ4v) is 2.51. The van der Waals surface area contributed by atoms with Crippen molar-refractivity contribution < 1.29 is 22.8 Å². The van der Waals surface area contributed by atoms with Gasteiger partial charge in [-0.3, -0.25) is 14.3 Å². The minimum absolute atomic E-state index is 0.0352. The van der Waals surface area contributed by atoms with Crippen molar-refractivity contribution in [2.75, 3.05) is 10.6 Å². The molecule has 0 aliphatic heterocycles. The van der Waals surface area contributed by atoms with Gasteiger partial charge in [0.05, 0.1) is 11.8 Å². The van der Waals surface area contributed by atoms with Gasteiger partial charge >= 0.3 is 6.18 Å². The van der Waals surface area contributed by atoms with Crippen LogP contribution in [0.25, 0.3) is 0 Å². The lowest BCUT2D eigenvalue weighted by molar-refractivity contribution is -0.144. The first-order valence-corrected chi connectivity index (χ1v) is 8.08. The Kier molecular flexibility index (Phi) is 5.91. The van der Waals surface area contributed by atoms with Gasteiger partial charge in [0, 0.05) is 29.4 Å². The minimum atomic E-state index is -4.73. The Labute approximate surface area is 152 Å². The summed E-state index contributed by atoms with van der Waals surface area (Å²) in [6.07, 6.45) is -3.63. The van der Waals surface area contributed by atoms with Crippen LogP contribution in [0.5, 0.6) is 0 Å². The SMILES string of the molecule is CCC(=O)Nc1cc(Cl)cc(NC(=O)c2cnn(CC)c2C(F)(F)F)c1. The molecule has 0 saturated heterocycles. The summed E-state index contributed by atoms with van der Waals surface area (Å²) in [5.41, 5.74) is -1.26. The summed E-state index contributed by atoms with van der Waals surface area (Å²) < 4.78 is 40.4. The molecule has 0 unspecified atom stereocenters. The molecule has 2 aromatic rings. The number of anilines is 2. The Hall–Kier alpha value is -2.55. The third-order valence-corrected chi connectivity index (χ3v) is 3.63. The van der Waals surface area contributed by atoms with E-state index in [9.17, 15) is 22.8 Å². The van der Waals surface area contributed by atoms with E-state index in [2.05, 4.69) is 15.7 Å². The van der Waals surface area contributed by atoms with E-state index in [1.54, 1.807) is 6.92 Å². The zero-order chi connectivity index (χ0) is 19.5. The van der Waals surface area contributed by atoms with Gasteiger partial charge in [0.1, 0.15) is 0 Å². The molecule has 2 amide bonds. The maximum absolute atomic E-state index is 13.2. The van der Waals surface area contributed by atoms with Crippen molar-refractivity contribution in [3.05, 3.63) is 40.7 Å². The van der Waals surface area contributed by atoms with Crippen molar-refractivity contribution >= 4 is 34.8 Å². The van der Waals surface area contributed by atoms with E-state index in [0.717, 1.165) is 6.20 Å². The van der Waals surface area contributed by atoms with Crippen LogP contribution in [-0.2, 0) is 17.5 Å². The lowest BCUT2D eigenvalue weighted by Gasteiger charge is -2.12. The number of amides is 2. The molecule has 26 heavy (non-hydrogen) atoms. The van der Waals surface area contributed by atoms with Gasteiger partial charge in [0.25, 0.3) is 5.91 Å². The molecule has 1 aromatic heterocycles. The summed E-state index contributed by atoms with van der Waals surface area (Å²) in [5, 5.41) is 8.72. The average molecular weight is 389 g/mol. The maximum Gasteiger partial charge on any atom is 0.433 e. The van der Waals surface area contributed by atoms with E-state index in [1.165, 1.54) is 25.1 Å². The van der Waals surface area contributed by atoms with E-state index in [1.807, 2.05) is 0 Å². The van der Waals surface area contributed by atoms with Crippen LogP contribution in [0.1, 0.15) is 36.3 Å². The second kappa shape index (κ2) is 7.77. The molecular formula is C16H16ClF3N4O2. The Bertz CT molecular complexity index is 833. The molecule has 0 aliphatic carbocycles. The number of alkyl halides is 3. The molecule has 0 fully saturated rings. The first kappa shape index (κ1) is 19.8. The highest BCUT2D eigenvalue weighted by molar-refractivity contribution is 6.31. The number of aromatic nitrogens is 2. The van der Waals surface area contributed by atoms with Crippen molar-refractivity contribution in [1.82, 2.24) is 9.78 Å². The van der Waals surface area contributed by atoms with Crippen LogP contribution in [0.4, 0.5) is 24.5 Å². The molecule has 0 aliphatic rings. The van der Waals surface area contributed by atoms with Crippen molar-refractivity contribution in [2.24, 2.45) is 0 Å². The third kappa shape index (κ3) is 4.54. The van der Waals surface area contributed by atoms with Gasteiger partial charge in [-0.2, -0.15) is 18.3 Å². The largest absolute Gasteiger partial charge is 0.433 e. The Morgan fingerprint density at radius 1 is 1.15 bits per heavy atom. The number of rotatable bonds is 5. The third-order valence-electron chi connectivity index (χ3n) is 3.41. The van der Waals surface area contributed by atoms with Crippen LogP contribution in [0.15, 0.2) is 24.4 Å². The second-order valence-corrected chi connectivity index (χ2v) is 5.74. The lowest BCUT2D eigenvalue weighted by Crippen LogP contribution is -2.21. The van der Waals surface area contributed by atoms with Crippen molar-refractivity contribution in [1.29, 1.82) is 0 Å². The summed E-state index contributed by atoms with van der Waals surface area (Å²) in [4.78, 5) is 23.8.